The van der Waals surface area contributed by atoms with Crippen molar-refractivity contribution < 1.29 is 13.5 Å². The highest BCUT2D eigenvalue weighted by atomic mass is 19.1. The van der Waals surface area contributed by atoms with Gasteiger partial charge in [-0.05, 0) is 30.9 Å². The van der Waals surface area contributed by atoms with Crippen molar-refractivity contribution in [1.29, 1.82) is 0 Å². The quantitative estimate of drug-likeness (QED) is 0.723. The fourth-order valence-corrected chi connectivity index (χ4v) is 1.40. The molecular weight excluding hydrogens is 186 g/mol. The van der Waals surface area contributed by atoms with Gasteiger partial charge in [-0.3, -0.25) is 0 Å². The van der Waals surface area contributed by atoms with E-state index < -0.39 is 11.6 Å². The van der Waals surface area contributed by atoms with Crippen LogP contribution in [-0.4, -0.2) is 6.61 Å². The largest absolute Gasteiger partial charge is 0.489 e. The van der Waals surface area contributed by atoms with Crippen molar-refractivity contribution in [1.82, 2.24) is 0 Å². The molecule has 0 spiro atoms. The van der Waals surface area contributed by atoms with Crippen molar-refractivity contribution in [3.8, 4) is 5.75 Å². The molecule has 1 aromatic rings. The molecular formula is C11H11F2O. The third-order valence-electron chi connectivity index (χ3n) is 2.51. The summed E-state index contributed by atoms with van der Waals surface area (Å²) in [5.74, 6) is -0.733. The highest BCUT2D eigenvalue weighted by Crippen LogP contribution is 2.27. The molecule has 1 aliphatic carbocycles. The second kappa shape index (κ2) is 3.95. The van der Waals surface area contributed by atoms with Gasteiger partial charge in [-0.1, -0.05) is 6.42 Å². The van der Waals surface area contributed by atoms with Crippen molar-refractivity contribution in [2.24, 2.45) is 5.92 Å². The lowest BCUT2D eigenvalue weighted by atomic mass is 9.86. The minimum atomic E-state index is -0.588. The summed E-state index contributed by atoms with van der Waals surface area (Å²) in [4.78, 5) is 0. The lowest BCUT2D eigenvalue weighted by Gasteiger charge is -2.25. The first-order chi connectivity index (χ1) is 6.75. The lowest BCUT2D eigenvalue weighted by molar-refractivity contribution is 0.174. The number of hydrogen-bond acceptors (Lipinski definition) is 1. The molecule has 1 saturated carbocycles. The topological polar surface area (TPSA) is 9.23 Å². The molecule has 1 nitrogen and oxygen atoms in total. The SMILES string of the molecule is Fc1[c]c(OCC2CCC2)c(F)cc1. The Morgan fingerprint density at radius 1 is 1.36 bits per heavy atom. The number of rotatable bonds is 3. The van der Waals surface area contributed by atoms with Crippen LogP contribution >= 0.6 is 0 Å². The summed E-state index contributed by atoms with van der Waals surface area (Å²) < 4.78 is 30.8. The maximum absolute atomic E-state index is 13.0. The Labute approximate surface area is 81.7 Å². The summed E-state index contributed by atoms with van der Waals surface area (Å²) in [7, 11) is 0. The molecule has 1 aliphatic rings. The maximum Gasteiger partial charge on any atom is 0.165 e. The van der Waals surface area contributed by atoms with E-state index >= 15 is 0 Å². The molecule has 0 N–H and O–H groups in total. The van der Waals surface area contributed by atoms with Gasteiger partial charge in [-0.25, -0.2) is 8.78 Å². The summed E-state index contributed by atoms with van der Waals surface area (Å²) in [5.41, 5.74) is 0. The molecule has 0 bridgehead atoms. The van der Waals surface area contributed by atoms with Gasteiger partial charge in [-0.15, -0.1) is 0 Å². The van der Waals surface area contributed by atoms with Gasteiger partial charge in [-0.2, -0.15) is 0 Å². The van der Waals surface area contributed by atoms with E-state index in [4.69, 9.17) is 4.74 Å². The summed E-state index contributed by atoms with van der Waals surface area (Å²) in [6.45, 7) is 0.469. The highest BCUT2D eigenvalue weighted by molar-refractivity contribution is 5.23. The first-order valence-corrected chi connectivity index (χ1v) is 4.76. The number of benzene rings is 1. The Bertz CT molecular complexity index is 321. The van der Waals surface area contributed by atoms with Crippen molar-refractivity contribution in [3.63, 3.8) is 0 Å². The molecule has 14 heavy (non-hydrogen) atoms. The Balaban J connectivity index is 1.96. The molecule has 1 radical (unpaired) electrons. The zero-order valence-electron chi connectivity index (χ0n) is 7.72. The summed E-state index contributed by atoms with van der Waals surface area (Å²) in [5, 5.41) is 0. The molecule has 75 valence electrons. The molecule has 3 heteroatoms. The molecule has 1 fully saturated rings. The minimum absolute atomic E-state index is 0.100. The van der Waals surface area contributed by atoms with E-state index in [2.05, 4.69) is 6.07 Å². The molecule has 2 rings (SSSR count). The number of halogens is 2. The Hall–Kier alpha value is -1.12. The van der Waals surface area contributed by atoms with Crippen LogP contribution in [0.3, 0.4) is 0 Å². The molecule has 1 aromatic carbocycles. The average Bonchev–Trinajstić information content (AvgIpc) is 2.08. The molecule has 0 unspecified atom stereocenters. The van der Waals surface area contributed by atoms with Gasteiger partial charge in [0.2, 0.25) is 0 Å². The van der Waals surface area contributed by atoms with Crippen molar-refractivity contribution in [2.45, 2.75) is 19.3 Å². The smallest absolute Gasteiger partial charge is 0.165 e. The van der Waals surface area contributed by atoms with Crippen LogP contribution in [0.4, 0.5) is 8.78 Å². The number of ether oxygens (including phenoxy) is 1. The van der Waals surface area contributed by atoms with Gasteiger partial charge in [0.15, 0.2) is 11.6 Å². The van der Waals surface area contributed by atoms with Crippen LogP contribution in [-0.2, 0) is 0 Å². The van der Waals surface area contributed by atoms with E-state index in [0.29, 0.717) is 12.5 Å². The standard InChI is InChI=1S/C11H11F2O/c12-9-4-5-10(13)11(6-9)14-7-8-2-1-3-8/h4-5,8H,1-3,7H2. The van der Waals surface area contributed by atoms with Crippen LogP contribution < -0.4 is 4.74 Å². The van der Waals surface area contributed by atoms with Crippen LogP contribution in [0.15, 0.2) is 12.1 Å². The fourth-order valence-electron chi connectivity index (χ4n) is 1.40. The molecule has 0 atom stereocenters. The van der Waals surface area contributed by atoms with Crippen LogP contribution in [0.5, 0.6) is 5.75 Å². The van der Waals surface area contributed by atoms with Gasteiger partial charge in [0.25, 0.3) is 0 Å². The van der Waals surface area contributed by atoms with Gasteiger partial charge >= 0.3 is 0 Å². The Morgan fingerprint density at radius 2 is 2.14 bits per heavy atom. The van der Waals surface area contributed by atoms with Gasteiger partial charge in [0.1, 0.15) is 5.82 Å². The van der Waals surface area contributed by atoms with Crippen LogP contribution in [0.2, 0.25) is 0 Å². The second-order valence-corrected chi connectivity index (χ2v) is 3.59. The lowest BCUT2D eigenvalue weighted by Crippen LogP contribution is -2.19. The van der Waals surface area contributed by atoms with E-state index in [0.717, 1.165) is 25.0 Å². The zero-order valence-corrected chi connectivity index (χ0v) is 7.72. The molecule has 0 aliphatic heterocycles. The van der Waals surface area contributed by atoms with E-state index in [9.17, 15) is 8.78 Å². The van der Waals surface area contributed by atoms with Crippen molar-refractivity contribution in [2.75, 3.05) is 6.61 Å². The van der Waals surface area contributed by atoms with E-state index in [-0.39, 0.29) is 5.75 Å². The second-order valence-electron chi connectivity index (χ2n) is 3.59. The summed E-state index contributed by atoms with van der Waals surface area (Å²) in [6.07, 6.45) is 3.46. The maximum atomic E-state index is 13.0. The van der Waals surface area contributed by atoms with E-state index in [1.54, 1.807) is 0 Å². The van der Waals surface area contributed by atoms with Crippen molar-refractivity contribution in [3.05, 3.63) is 29.8 Å². The Morgan fingerprint density at radius 3 is 2.79 bits per heavy atom. The van der Waals surface area contributed by atoms with Crippen LogP contribution in [0.1, 0.15) is 19.3 Å². The normalized spacial score (nSPS) is 16.4. The first-order valence-electron chi connectivity index (χ1n) is 4.76. The van der Waals surface area contributed by atoms with Crippen LogP contribution in [0, 0.1) is 23.6 Å². The first kappa shape index (κ1) is 9.44. The molecule has 0 heterocycles. The molecule has 0 amide bonds. The van der Waals surface area contributed by atoms with Gasteiger partial charge < -0.3 is 4.74 Å². The summed E-state index contributed by atoms with van der Waals surface area (Å²) in [6, 6.07) is 4.31. The third-order valence-corrected chi connectivity index (χ3v) is 2.51. The zero-order chi connectivity index (χ0) is 9.97. The van der Waals surface area contributed by atoms with Crippen LogP contribution in [0.25, 0.3) is 0 Å². The fraction of sp³-hybridized carbons (Fsp3) is 0.455. The number of hydrogen-bond donors (Lipinski definition) is 0. The van der Waals surface area contributed by atoms with Gasteiger partial charge in [0.05, 0.1) is 12.7 Å². The van der Waals surface area contributed by atoms with E-state index in [1.165, 1.54) is 6.42 Å². The highest BCUT2D eigenvalue weighted by Gasteiger charge is 2.18. The average molecular weight is 197 g/mol. The molecule has 0 aromatic heterocycles. The predicted octanol–water partition coefficient (Wildman–Crippen LogP) is 2.94. The minimum Gasteiger partial charge on any atom is -0.489 e. The predicted molar refractivity (Wildman–Crippen MR) is 48.0 cm³/mol. The van der Waals surface area contributed by atoms with E-state index in [1.807, 2.05) is 0 Å². The third kappa shape index (κ3) is 2.03. The van der Waals surface area contributed by atoms with Gasteiger partial charge in [0, 0.05) is 0 Å². The summed E-state index contributed by atoms with van der Waals surface area (Å²) >= 11 is 0. The molecule has 0 saturated heterocycles. The monoisotopic (exact) mass is 197 g/mol. The Kier molecular flexibility index (Phi) is 2.66. The van der Waals surface area contributed by atoms with Crippen molar-refractivity contribution >= 4 is 0 Å².